The maximum atomic E-state index is 11.7. The lowest BCUT2D eigenvalue weighted by atomic mass is 9.99. The molecule has 0 bridgehead atoms. The SMILES string of the molecule is CCS(=O)(=O)N1CCC(Cc2ccccc2)C1. The zero-order valence-electron chi connectivity index (χ0n) is 10.2. The second-order valence-electron chi connectivity index (χ2n) is 4.60. The van der Waals surface area contributed by atoms with E-state index < -0.39 is 10.0 Å². The summed E-state index contributed by atoms with van der Waals surface area (Å²) in [4.78, 5) is 0. The Morgan fingerprint density at radius 3 is 2.65 bits per heavy atom. The minimum absolute atomic E-state index is 0.213. The number of hydrogen-bond donors (Lipinski definition) is 0. The first kappa shape index (κ1) is 12.6. The van der Waals surface area contributed by atoms with Crippen LogP contribution in [0.3, 0.4) is 0 Å². The van der Waals surface area contributed by atoms with Crippen LogP contribution in [0.25, 0.3) is 0 Å². The zero-order chi connectivity index (χ0) is 12.3. The van der Waals surface area contributed by atoms with Gasteiger partial charge in [0.25, 0.3) is 0 Å². The maximum absolute atomic E-state index is 11.7. The van der Waals surface area contributed by atoms with Crippen LogP contribution in [0.15, 0.2) is 30.3 Å². The average Bonchev–Trinajstić information content (AvgIpc) is 2.80. The molecule has 0 saturated carbocycles. The Morgan fingerprint density at radius 1 is 1.29 bits per heavy atom. The van der Waals surface area contributed by atoms with Gasteiger partial charge >= 0.3 is 0 Å². The normalized spacial score (nSPS) is 21.8. The van der Waals surface area contributed by atoms with Gasteiger partial charge in [0.1, 0.15) is 0 Å². The lowest BCUT2D eigenvalue weighted by molar-refractivity contribution is 0.457. The van der Waals surface area contributed by atoms with Gasteiger partial charge in [0, 0.05) is 13.1 Å². The van der Waals surface area contributed by atoms with Gasteiger partial charge in [-0.15, -0.1) is 0 Å². The molecule has 1 atom stereocenters. The molecular formula is C13H19NO2S. The predicted octanol–water partition coefficient (Wildman–Crippen LogP) is 1.90. The molecule has 1 heterocycles. The van der Waals surface area contributed by atoms with Gasteiger partial charge in [0.05, 0.1) is 5.75 Å². The third-order valence-electron chi connectivity index (χ3n) is 3.37. The van der Waals surface area contributed by atoms with Crippen molar-refractivity contribution in [2.45, 2.75) is 19.8 Å². The van der Waals surface area contributed by atoms with Crippen LogP contribution in [0.1, 0.15) is 18.9 Å². The summed E-state index contributed by atoms with van der Waals surface area (Å²) in [5.74, 6) is 0.684. The molecule has 1 aliphatic heterocycles. The van der Waals surface area contributed by atoms with E-state index in [2.05, 4.69) is 12.1 Å². The van der Waals surface area contributed by atoms with Crippen molar-refractivity contribution in [3.05, 3.63) is 35.9 Å². The summed E-state index contributed by atoms with van der Waals surface area (Å²) in [7, 11) is -2.99. The van der Waals surface area contributed by atoms with Crippen LogP contribution in [-0.2, 0) is 16.4 Å². The third kappa shape index (κ3) is 3.07. The van der Waals surface area contributed by atoms with E-state index in [0.29, 0.717) is 19.0 Å². The van der Waals surface area contributed by atoms with Crippen LogP contribution in [0.5, 0.6) is 0 Å². The fourth-order valence-corrected chi connectivity index (χ4v) is 3.53. The Bertz CT molecular complexity index is 456. The van der Waals surface area contributed by atoms with Gasteiger partial charge in [0.2, 0.25) is 10.0 Å². The van der Waals surface area contributed by atoms with Crippen LogP contribution in [0.2, 0.25) is 0 Å². The topological polar surface area (TPSA) is 37.4 Å². The average molecular weight is 253 g/mol. The number of hydrogen-bond acceptors (Lipinski definition) is 2. The van der Waals surface area contributed by atoms with Crippen molar-refractivity contribution < 1.29 is 8.42 Å². The van der Waals surface area contributed by atoms with Crippen molar-refractivity contribution in [1.82, 2.24) is 4.31 Å². The molecule has 0 aliphatic carbocycles. The van der Waals surface area contributed by atoms with Gasteiger partial charge in [-0.3, -0.25) is 0 Å². The maximum Gasteiger partial charge on any atom is 0.213 e. The highest BCUT2D eigenvalue weighted by Gasteiger charge is 2.29. The smallest absolute Gasteiger partial charge is 0.212 e. The Morgan fingerprint density at radius 2 is 2.00 bits per heavy atom. The Balaban J connectivity index is 1.95. The molecule has 94 valence electrons. The zero-order valence-corrected chi connectivity index (χ0v) is 11.0. The minimum Gasteiger partial charge on any atom is -0.212 e. The van der Waals surface area contributed by atoms with Crippen LogP contribution >= 0.6 is 0 Å². The highest BCUT2D eigenvalue weighted by Crippen LogP contribution is 2.23. The lowest BCUT2D eigenvalue weighted by Crippen LogP contribution is -2.30. The highest BCUT2D eigenvalue weighted by molar-refractivity contribution is 7.89. The Kier molecular flexibility index (Phi) is 3.84. The second kappa shape index (κ2) is 5.19. The first-order valence-corrected chi connectivity index (χ1v) is 7.74. The first-order valence-electron chi connectivity index (χ1n) is 6.13. The van der Waals surface area contributed by atoms with E-state index in [4.69, 9.17) is 0 Å². The van der Waals surface area contributed by atoms with E-state index in [9.17, 15) is 8.42 Å². The Labute approximate surface area is 104 Å². The van der Waals surface area contributed by atoms with Crippen molar-refractivity contribution in [2.24, 2.45) is 5.92 Å². The summed E-state index contributed by atoms with van der Waals surface area (Å²) < 4.78 is 25.1. The molecule has 0 aromatic heterocycles. The molecule has 1 saturated heterocycles. The molecule has 0 radical (unpaired) electrons. The largest absolute Gasteiger partial charge is 0.213 e. The van der Waals surface area contributed by atoms with Crippen LogP contribution < -0.4 is 0 Å². The van der Waals surface area contributed by atoms with Crippen LogP contribution in [-0.4, -0.2) is 31.6 Å². The standard InChI is InChI=1S/C13H19NO2S/c1-2-17(15,16)14-9-8-13(11-14)10-12-6-4-3-5-7-12/h3-7,13H,2,8-11H2,1H3. The molecule has 0 spiro atoms. The van der Waals surface area contributed by atoms with Crippen molar-refractivity contribution in [2.75, 3.05) is 18.8 Å². The third-order valence-corrected chi connectivity index (χ3v) is 5.22. The number of rotatable bonds is 4. The molecule has 2 rings (SSSR count). The minimum atomic E-state index is -2.99. The van der Waals surface area contributed by atoms with Crippen LogP contribution in [0.4, 0.5) is 0 Å². The summed E-state index contributed by atoms with van der Waals surface area (Å²) >= 11 is 0. The molecule has 1 unspecified atom stereocenters. The molecule has 3 nitrogen and oxygen atoms in total. The van der Waals surface area contributed by atoms with Crippen LogP contribution in [0, 0.1) is 5.92 Å². The summed E-state index contributed by atoms with van der Waals surface area (Å²) in [5, 5.41) is 0. The van der Waals surface area contributed by atoms with Crippen molar-refractivity contribution >= 4 is 10.0 Å². The van der Waals surface area contributed by atoms with Crippen molar-refractivity contribution in [1.29, 1.82) is 0 Å². The van der Waals surface area contributed by atoms with E-state index in [1.54, 1.807) is 11.2 Å². The van der Waals surface area contributed by atoms with Gasteiger partial charge in [-0.05, 0) is 31.2 Å². The summed E-state index contributed by atoms with van der Waals surface area (Å²) in [6.45, 7) is 3.08. The molecule has 1 aromatic carbocycles. The fraction of sp³-hybridized carbons (Fsp3) is 0.538. The summed E-state index contributed by atoms with van der Waals surface area (Å²) in [5.41, 5.74) is 1.30. The van der Waals surface area contributed by atoms with E-state index in [0.717, 1.165) is 12.8 Å². The molecular weight excluding hydrogens is 234 g/mol. The van der Waals surface area contributed by atoms with Crippen molar-refractivity contribution in [3.63, 3.8) is 0 Å². The monoisotopic (exact) mass is 253 g/mol. The molecule has 0 amide bonds. The van der Waals surface area contributed by atoms with Gasteiger partial charge in [-0.25, -0.2) is 12.7 Å². The van der Waals surface area contributed by atoms with Gasteiger partial charge < -0.3 is 0 Å². The summed E-state index contributed by atoms with van der Waals surface area (Å²) in [6, 6.07) is 10.3. The van der Waals surface area contributed by atoms with Gasteiger partial charge in [-0.1, -0.05) is 30.3 Å². The van der Waals surface area contributed by atoms with E-state index in [-0.39, 0.29) is 5.75 Å². The quantitative estimate of drug-likeness (QED) is 0.822. The first-order chi connectivity index (χ1) is 8.12. The second-order valence-corrected chi connectivity index (χ2v) is 6.86. The lowest BCUT2D eigenvalue weighted by Gasteiger charge is -2.15. The van der Waals surface area contributed by atoms with E-state index >= 15 is 0 Å². The molecule has 0 N–H and O–H groups in total. The van der Waals surface area contributed by atoms with E-state index in [1.807, 2.05) is 18.2 Å². The molecule has 1 aliphatic rings. The molecule has 4 heteroatoms. The highest BCUT2D eigenvalue weighted by atomic mass is 32.2. The molecule has 1 aromatic rings. The molecule has 17 heavy (non-hydrogen) atoms. The number of sulfonamides is 1. The number of nitrogens with zero attached hydrogens (tertiary/aromatic N) is 1. The Hall–Kier alpha value is -0.870. The molecule has 1 fully saturated rings. The van der Waals surface area contributed by atoms with E-state index in [1.165, 1.54) is 5.56 Å². The van der Waals surface area contributed by atoms with Gasteiger partial charge in [-0.2, -0.15) is 0 Å². The predicted molar refractivity (Wildman–Crippen MR) is 69.3 cm³/mol. The number of benzene rings is 1. The van der Waals surface area contributed by atoms with Crippen molar-refractivity contribution in [3.8, 4) is 0 Å². The summed E-state index contributed by atoms with van der Waals surface area (Å²) in [6.07, 6.45) is 1.96. The van der Waals surface area contributed by atoms with Gasteiger partial charge in [0.15, 0.2) is 0 Å². The fourth-order valence-electron chi connectivity index (χ4n) is 2.35.